The number of benzene rings is 1. The summed E-state index contributed by atoms with van der Waals surface area (Å²) >= 11 is 6.22. The van der Waals surface area contributed by atoms with Crippen LogP contribution in [0.25, 0.3) is 0 Å². The van der Waals surface area contributed by atoms with Gasteiger partial charge in [0.15, 0.2) is 0 Å². The molecule has 0 amide bonds. The molecule has 4 heteroatoms. The van der Waals surface area contributed by atoms with Gasteiger partial charge < -0.3 is 9.69 Å². The van der Waals surface area contributed by atoms with E-state index in [1.54, 1.807) is 0 Å². The molecular weight excluding hydrogens is 260 g/mol. The van der Waals surface area contributed by atoms with Gasteiger partial charge in [-0.05, 0) is 12.1 Å². The molecule has 0 spiro atoms. The van der Waals surface area contributed by atoms with Crippen LogP contribution in [0.3, 0.4) is 0 Å². The number of piperazine rings is 1. The second-order valence-electron chi connectivity index (χ2n) is 5.82. The van der Waals surface area contributed by atoms with E-state index in [2.05, 4.69) is 15.9 Å². The predicted molar refractivity (Wildman–Crippen MR) is 80.0 cm³/mol. The third-order valence-corrected chi connectivity index (χ3v) is 3.84. The molecule has 0 radical (unpaired) electrons. The van der Waals surface area contributed by atoms with E-state index in [-0.39, 0.29) is 5.41 Å². The smallest absolute Gasteiger partial charge is 0.126 e. The summed E-state index contributed by atoms with van der Waals surface area (Å²) in [6.07, 6.45) is 1.05. The predicted octanol–water partition coefficient (Wildman–Crippen LogP) is 2.69. The van der Waals surface area contributed by atoms with Gasteiger partial charge in [0.1, 0.15) is 6.29 Å². The molecule has 1 heterocycles. The monoisotopic (exact) mass is 280 g/mol. The van der Waals surface area contributed by atoms with Crippen molar-refractivity contribution in [3.63, 3.8) is 0 Å². The molecule has 2 rings (SSSR count). The summed E-state index contributed by atoms with van der Waals surface area (Å²) < 4.78 is 0. The van der Waals surface area contributed by atoms with Gasteiger partial charge in [0.25, 0.3) is 0 Å². The van der Waals surface area contributed by atoms with Crippen LogP contribution in [-0.4, -0.2) is 43.9 Å². The highest BCUT2D eigenvalue weighted by Gasteiger charge is 2.24. The summed E-state index contributed by atoms with van der Waals surface area (Å²) in [5.74, 6) is 0. The van der Waals surface area contributed by atoms with Crippen LogP contribution in [0.2, 0.25) is 5.02 Å². The Morgan fingerprint density at radius 3 is 2.42 bits per heavy atom. The maximum atomic E-state index is 11.0. The van der Waals surface area contributed by atoms with Crippen molar-refractivity contribution < 1.29 is 4.79 Å². The average molecular weight is 281 g/mol. The zero-order valence-corrected chi connectivity index (χ0v) is 12.4. The third kappa shape index (κ3) is 3.71. The molecule has 1 aromatic carbocycles. The molecule has 0 bridgehead atoms. The van der Waals surface area contributed by atoms with E-state index in [0.29, 0.717) is 0 Å². The number of hydrogen-bond acceptors (Lipinski definition) is 3. The summed E-state index contributed by atoms with van der Waals surface area (Å²) in [5, 5.41) is 0.809. The summed E-state index contributed by atoms with van der Waals surface area (Å²) in [4.78, 5) is 15.6. The van der Waals surface area contributed by atoms with E-state index in [4.69, 9.17) is 11.6 Å². The fourth-order valence-corrected chi connectivity index (χ4v) is 2.72. The first-order valence-electron chi connectivity index (χ1n) is 6.70. The number of halogens is 1. The van der Waals surface area contributed by atoms with Crippen molar-refractivity contribution in [1.82, 2.24) is 4.90 Å². The maximum Gasteiger partial charge on any atom is 0.126 e. The fourth-order valence-electron chi connectivity index (χ4n) is 2.47. The van der Waals surface area contributed by atoms with Crippen molar-refractivity contribution >= 4 is 23.6 Å². The minimum Gasteiger partial charge on any atom is -0.368 e. The topological polar surface area (TPSA) is 23.6 Å². The number of carbonyl (C=O) groups excluding carboxylic acids is 1. The Bertz CT molecular complexity index is 440. The van der Waals surface area contributed by atoms with Gasteiger partial charge in [-0.15, -0.1) is 0 Å². The molecular formula is C15H21ClN2O. The van der Waals surface area contributed by atoms with E-state index in [1.807, 2.05) is 32.0 Å². The van der Waals surface area contributed by atoms with Crippen LogP contribution in [0.4, 0.5) is 5.69 Å². The van der Waals surface area contributed by atoms with E-state index in [9.17, 15) is 4.79 Å². The first-order valence-corrected chi connectivity index (χ1v) is 7.08. The van der Waals surface area contributed by atoms with Gasteiger partial charge in [0.2, 0.25) is 0 Å². The minimum absolute atomic E-state index is 0.257. The highest BCUT2D eigenvalue weighted by atomic mass is 35.5. The molecule has 0 saturated carbocycles. The van der Waals surface area contributed by atoms with Crippen molar-refractivity contribution in [3.8, 4) is 0 Å². The van der Waals surface area contributed by atoms with Crippen molar-refractivity contribution in [2.45, 2.75) is 13.8 Å². The first kappa shape index (κ1) is 14.4. The lowest BCUT2D eigenvalue weighted by molar-refractivity contribution is -0.115. The van der Waals surface area contributed by atoms with Gasteiger partial charge >= 0.3 is 0 Å². The lowest BCUT2D eigenvalue weighted by Crippen LogP contribution is -2.49. The summed E-state index contributed by atoms with van der Waals surface area (Å²) in [5.41, 5.74) is 0.852. The fraction of sp³-hybridized carbons (Fsp3) is 0.533. The average Bonchev–Trinajstić information content (AvgIpc) is 2.40. The van der Waals surface area contributed by atoms with Gasteiger partial charge in [0.05, 0.1) is 10.7 Å². The summed E-state index contributed by atoms with van der Waals surface area (Å²) in [6, 6.07) is 7.96. The molecule has 1 fully saturated rings. The van der Waals surface area contributed by atoms with Gasteiger partial charge in [-0.2, -0.15) is 0 Å². The number of para-hydroxylation sites is 1. The molecule has 0 aliphatic carbocycles. The summed E-state index contributed by atoms with van der Waals surface area (Å²) in [6.45, 7) is 8.66. The van der Waals surface area contributed by atoms with Crippen LogP contribution in [0.1, 0.15) is 13.8 Å². The lowest BCUT2D eigenvalue weighted by Gasteiger charge is -2.38. The van der Waals surface area contributed by atoms with Crippen LogP contribution < -0.4 is 4.90 Å². The van der Waals surface area contributed by atoms with Crippen molar-refractivity contribution in [1.29, 1.82) is 0 Å². The van der Waals surface area contributed by atoms with E-state index >= 15 is 0 Å². The van der Waals surface area contributed by atoms with Crippen LogP contribution >= 0.6 is 11.6 Å². The number of anilines is 1. The van der Waals surface area contributed by atoms with Gasteiger partial charge in [-0.3, -0.25) is 4.90 Å². The zero-order valence-electron chi connectivity index (χ0n) is 11.6. The zero-order chi connectivity index (χ0) is 13.9. The number of aldehydes is 1. The van der Waals surface area contributed by atoms with Crippen molar-refractivity contribution in [3.05, 3.63) is 29.3 Å². The molecule has 1 aliphatic rings. The standard InChI is InChI=1S/C15H21ClN2O/c1-15(2,12-19)11-17-7-9-18(10-8-17)14-6-4-3-5-13(14)16/h3-6,12H,7-11H2,1-2H3. The lowest BCUT2D eigenvalue weighted by atomic mass is 9.95. The molecule has 1 saturated heterocycles. The highest BCUT2D eigenvalue weighted by Crippen LogP contribution is 2.26. The van der Waals surface area contributed by atoms with E-state index in [1.165, 1.54) is 0 Å². The third-order valence-electron chi connectivity index (χ3n) is 3.52. The number of carbonyl (C=O) groups is 1. The van der Waals surface area contributed by atoms with Crippen LogP contribution in [0, 0.1) is 5.41 Å². The van der Waals surface area contributed by atoms with Crippen molar-refractivity contribution in [2.24, 2.45) is 5.41 Å². The quantitative estimate of drug-likeness (QED) is 0.793. The molecule has 3 nitrogen and oxygen atoms in total. The molecule has 1 aromatic rings. The van der Waals surface area contributed by atoms with E-state index in [0.717, 1.165) is 49.7 Å². The van der Waals surface area contributed by atoms with Gasteiger partial charge in [-0.25, -0.2) is 0 Å². The molecule has 0 aromatic heterocycles. The van der Waals surface area contributed by atoms with Crippen LogP contribution in [0.5, 0.6) is 0 Å². The second-order valence-corrected chi connectivity index (χ2v) is 6.23. The molecule has 0 N–H and O–H groups in total. The van der Waals surface area contributed by atoms with E-state index < -0.39 is 0 Å². The summed E-state index contributed by atoms with van der Waals surface area (Å²) in [7, 11) is 0. The maximum absolute atomic E-state index is 11.0. The second kappa shape index (κ2) is 5.93. The minimum atomic E-state index is -0.257. The SMILES string of the molecule is CC(C)(C=O)CN1CCN(c2ccccc2Cl)CC1. The van der Waals surface area contributed by atoms with Crippen LogP contribution in [0.15, 0.2) is 24.3 Å². The van der Waals surface area contributed by atoms with Gasteiger partial charge in [-0.1, -0.05) is 37.6 Å². The Morgan fingerprint density at radius 2 is 1.84 bits per heavy atom. The normalized spacial score (nSPS) is 17.5. The molecule has 104 valence electrons. The number of rotatable bonds is 4. The molecule has 0 unspecified atom stereocenters. The van der Waals surface area contributed by atoms with Crippen LogP contribution in [-0.2, 0) is 4.79 Å². The number of hydrogen-bond donors (Lipinski definition) is 0. The van der Waals surface area contributed by atoms with Gasteiger partial charge in [0, 0.05) is 38.1 Å². The molecule has 0 atom stereocenters. The first-order chi connectivity index (χ1) is 9.02. The Balaban J connectivity index is 1.93. The van der Waals surface area contributed by atoms with Crippen molar-refractivity contribution in [2.75, 3.05) is 37.6 Å². The molecule has 19 heavy (non-hydrogen) atoms. The Kier molecular flexibility index (Phi) is 4.48. The highest BCUT2D eigenvalue weighted by molar-refractivity contribution is 6.33. The number of nitrogens with zero attached hydrogens (tertiary/aromatic N) is 2. The Morgan fingerprint density at radius 1 is 1.21 bits per heavy atom. The Labute approximate surface area is 120 Å². The Hall–Kier alpha value is -1.06. The largest absolute Gasteiger partial charge is 0.368 e. The molecule has 1 aliphatic heterocycles.